The molecule has 0 amide bonds. The van der Waals surface area contributed by atoms with Crippen molar-refractivity contribution in [1.29, 1.82) is 0 Å². The summed E-state index contributed by atoms with van der Waals surface area (Å²) in [6.07, 6.45) is -0.268. The lowest BCUT2D eigenvalue weighted by Crippen LogP contribution is -2.16. The van der Waals surface area contributed by atoms with Gasteiger partial charge in [0, 0.05) is 11.9 Å². The highest BCUT2D eigenvalue weighted by Crippen LogP contribution is 2.21. The van der Waals surface area contributed by atoms with Gasteiger partial charge in [-0.05, 0) is 29.8 Å². The molecule has 0 saturated carbocycles. The Hall–Kier alpha value is -3.35. The molecule has 0 fully saturated rings. The summed E-state index contributed by atoms with van der Waals surface area (Å²) in [7, 11) is 1.38. The molecule has 6 nitrogen and oxygen atoms in total. The van der Waals surface area contributed by atoms with E-state index in [1.165, 1.54) is 25.4 Å². The summed E-state index contributed by atoms with van der Waals surface area (Å²) < 4.78 is 25.0. The first-order valence-electron chi connectivity index (χ1n) is 7.35. The molecular formula is C18H14FNO5. The quantitative estimate of drug-likeness (QED) is 0.736. The fourth-order valence-corrected chi connectivity index (χ4v) is 2.62. The highest BCUT2D eigenvalue weighted by Gasteiger charge is 2.13. The second kappa shape index (κ2) is 6.64. The van der Waals surface area contributed by atoms with Crippen molar-refractivity contribution in [3.8, 4) is 11.5 Å². The van der Waals surface area contributed by atoms with Gasteiger partial charge in [-0.2, -0.15) is 0 Å². The maximum absolute atomic E-state index is 13.9. The van der Waals surface area contributed by atoms with E-state index >= 15 is 0 Å². The molecule has 0 aliphatic rings. The van der Waals surface area contributed by atoms with Gasteiger partial charge in [-0.15, -0.1) is 0 Å². The van der Waals surface area contributed by atoms with E-state index in [-0.39, 0.29) is 18.0 Å². The molecule has 0 atom stereocenters. The topological polar surface area (TPSA) is 77.8 Å². The SMILES string of the molecule is COc1ccc(Cn2cc(OC(=O)O)c(=O)c3ccccc32)cc1F. The van der Waals surface area contributed by atoms with Crippen molar-refractivity contribution < 1.29 is 23.8 Å². The second-order valence-electron chi connectivity index (χ2n) is 5.30. The summed E-state index contributed by atoms with van der Waals surface area (Å²) in [5.74, 6) is -0.684. The average molecular weight is 343 g/mol. The Morgan fingerprint density at radius 1 is 1.20 bits per heavy atom. The van der Waals surface area contributed by atoms with Crippen molar-refractivity contribution in [3.05, 3.63) is 70.3 Å². The van der Waals surface area contributed by atoms with Gasteiger partial charge in [-0.3, -0.25) is 4.79 Å². The zero-order valence-electron chi connectivity index (χ0n) is 13.2. The maximum atomic E-state index is 13.9. The molecule has 1 aromatic heterocycles. The second-order valence-corrected chi connectivity index (χ2v) is 5.30. The Balaban J connectivity index is 2.11. The number of hydrogen-bond acceptors (Lipinski definition) is 4. The number of pyridine rings is 1. The summed E-state index contributed by atoms with van der Waals surface area (Å²) in [6, 6.07) is 11.2. The number of halogens is 1. The molecule has 1 heterocycles. The number of benzene rings is 2. The normalized spacial score (nSPS) is 10.6. The minimum Gasteiger partial charge on any atom is -0.494 e. The van der Waals surface area contributed by atoms with Gasteiger partial charge >= 0.3 is 6.16 Å². The first-order valence-corrected chi connectivity index (χ1v) is 7.35. The minimum atomic E-state index is -1.57. The maximum Gasteiger partial charge on any atom is 0.511 e. The molecule has 0 radical (unpaired) electrons. The summed E-state index contributed by atoms with van der Waals surface area (Å²) in [4.78, 5) is 23.1. The molecule has 0 aliphatic carbocycles. The number of carbonyl (C=O) groups is 1. The third-order valence-electron chi connectivity index (χ3n) is 3.72. The number of para-hydroxylation sites is 1. The monoisotopic (exact) mass is 343 g/mol. The van der Waals surface area contributed by atoms with E-state index in [0.29, 0.717) is 16.5 Å². The zero-order valence-corrected chi connectivity index (χ0v) is 13.2. The lowest BCUT2D eigenvalue weighted by molar-refractivity contribution is 0.144. The van der Waals surface area contributed by atoms with Crippen LogP contribution >= 0.6 is 0 Å². The van der Waals surface area contributed by atoms with E-state index in [0.717, 1.165) is 0 Å². The summed E-state index contributed by atoms with van der Waals surface area (Å²) >= 11 is 0. The van der Waals surface area contributed by atoms with Gasteiger partial charge in [0.1, 0.15) is 0 Å². The van der Waals surface area contributed by atoms with Crippen molar-refractivity contribution in [3.63, 3.8) is 0 Å². The molecule has 3 aromatic rings. The molecule has 7 heteroatoms. The molecule has 25 heavy (non-hydrogen) atoms. The standard InChI is InChI=1S/C18H14FNO5/c1-24-15-7-6-11(8-13(15)19)9-20-10-16(25-18(22)23)17(21)12-4-2-3-5-14(12)20/h2-8,10H,9H2,1H3,(H,22,23). The number of rotatable bonds is 4. The largest absolute Gasteiger partial charge is 0.511 e. The van der Waals surface area contributed by atoms with Gasteiger partial charge in [0.15, 0.2) is 17.3 Å². The lowest BCUT2D eigenvalue weighted by Gasteiger charge is -2.13. The van der Waals surface area contributed by atoms with Crippen LogP contribution in [0, 0.1) is 5.82 Å². The summed E-state index contributed by atoms with van der Waals surface area (Å²) in [6.45, 7) is 0.220. The fraction of sp³-hybridized carbons (Fsp3) is 0.111. The third-order valence-corrected chi connectivity index (χ3v) is 3.72. The molecule has 0 spiro atoms. The molecule has 0 aliphatic heterocycles. The minimum absolute atomic E-state index is 0.128. The number of aromatic nitrogens is 1. The van der Waals surface area contributed by atoms with Crippen LogP contribution in [-0.4, -0.2) is 22.9 Å². The Bertz CT molecular complexity index is 1010. The molecule has 128 valence electrons. The van der Waals surface area contributed by atoms with Gasteiger partial charge in [0.05, 0.1) is 18.8 Å². The molecule has 2 aromatic carbocycles. The van der Waals surface area contributed by atoms with Crippen LogP contribution in [0.2, 0.25) is 0 Å². The predicted octanol–water partition coefficient (Wildman–Crippen LogP) is 3.25. The number of ether oxygens (including phenoxy) is 2. The van der Waals surface area contributed by atoms with Crippen LogP contribution in [0.3, 0.4) is 0 Å². The molecule has 3 rings (SSSR count). The number of methoxy groups -OCH3 is 1. The Labute approximate surface area is 141 Å². The van der Waals surface area contributed by atoms with Crippen LogP contribution in [0.15, 0.2) is 53.5 Å². The smallest absolute Gasteiger partial charge is 0.494 e. The van der Waals surface area contributed by atoms with Gasteiger partial charge in [-0.25, -0.2) is 9.18 Å². The first kappa shape index (κ1) is 16.5. The van der Waals surface area contributed by atoms with Crippen LogP contribution in [0.25, 0.3) is 10.9 Å². The molecule has 0 bridgehead atoms. The van der Waals surface area contributed by atoms with Crippen LogP contribution in [0.1, 0.15) is 5.56 Å². The van der Waals surface area contributed by atoms with Crippen molar-refractivity contribution in [1.82, 2.24) is 4.57 Å². The highest BCUT2D eigenvalue weighted by molar-refractivity contribution is 5.81. The molecule has 0 unspecified atom stereocenters. The van der Waals surface area contributed by atoms with E-state index in [4.69, 9.17) is 9.84 Å². The van der Waals surface area contributed by atoms with E-state index in [2.05, 4.69) is 4.74 Å². The van der Waals surface area contributed by atoms with E-state index in [1.807, 2.05) is 0 Å². The van der Waals surface area contributed by atoms with Crippen molar-refractivity contribution in [2.75, 3.05) is 7.11 Å². The van der Waals surface area contributed by atoms with Crippen molar-refractivity contribution >= 4 is 17.1 Å². The van der Waals surface area contributed by atoms with E-state index in [1.54, 1.807) is 34.9 Å². The highest BCUT2D eigenvalue weighted by atomic mass is 19.1. The van der Waals surface area contributed by atoms with E-state index < -0.39 is 17.4 Å². The van der Waals surface area contributed by atoms with Crippen LogP contribution in [0.4, 0.5) is 9.18 Å². The van der Waals surface area contributed by atoms with Crippen molar-refractivity contribution in [2.24, 2.45) is 0 Å². The van der Waals surface area contributed by atoms with Gasteiger partial charge < -0.3 is 19.1 Å². The summed E-state index contributed by atoms with van der Waals surface area (Å²) in [5, 5.41) is 9.12. The van der Waals surface area contributed by atoms with Crippen molar-refractivity contribution in [2.45, 2.75) is 6.54 Å². The number of fused-ring (bicyclic) bond motifs is 1. The number of nitrogens with zero attached hydrogens (tertiary/aromatic N) is 1. The van der Waals surface area contributed by atoms with Crippen LogP contribution in [-0.2, 0) is 6.54 Å². The molecule has 0 saturated heterocycles. The van der Waals surface area contributed by atoms with Crippen LogP contribution < -0.4 is 14.9 Å². The Morgan fingerprint density at radius 2 is 1.96 bits per heavy atom. The Kier molecular flexibility index (Phi) is 4.38. The van der Waals surface area contributed by atoms with E-state index in [9.17, 15) is 14.0 Å². The number of carboxylic acid groups (broad SMARTS) is 1. The molecule has 1 N–H and O–H groups in total. The summed E-state index contributed by atoms with van der Waals surface area (Å²) in [5.41, 5.74) is 0.685. The first-order chi connectivity index (χ1) is 12.0. The molecular weight excluding hydrogens is 329 g/mol. The third kappa shape index (κ3) is 3.30. The zero-order chi connectivity index (χ0) is 18.0. The van der Waals surface area contributed by atoms with Gasteiger partial charge in [0.2, 0.25) is 5.43 Å². The van der Waals surface area contributed by atoms with Gasteiger partial charge in [0.25, 0.3) is 0 Å². The van der Waals surface area contributed by atoms with Crippen LogP contribution in [0.5, 0.6) is 11.5 Å². The number of hydrogen-bond donors (Lipinski definition) is 1. The van der Waals surface area contributed by atoms with Gasteiger partial charge in [-0.1, -0.05) is 18.2 Å². The fourth-order valence-electron chi connectivity index (χ4n) is 2.62. The lowest BCUT2D eigenvalue weighted by atomic mass is 10.1. The average Bonchev–Trinajstić information content (AvgIpc) is 2.59. The Morgan fingerprint density at radius 3 is 2.64 bits per heavy atom. The predicted molar refractivity (Wildman–Crippen MR) is 88.9 cm³/mol.